The summed E-state index contributed by atoms with van der Waals surface area (Å²) in [4.78, 5) is 29.8. The molecule has 6 heteroatoms. The van der Waals surface area contributed by atoms with Crippen LogP contribution in [0.4, 0.5) is 4.39 Å². The summed E-state index contributed by atoms with van der Waals surface area (Å²) in [6.07, 6.45) is 1.72. The maximum Gasteiger partial charge on any atom is 0.337 e. The van der Waals surface area contributed by atoms with Crippen LogP contribution >= 0.6 is 0 Å². The number of rotatable bonds is 4. The first-order chi connectivity index (χ1) is 13.5. The second kappa shape index (κ2) is 7.46. The van der Waals surface area contributed by atoms with Gasteiger partial charge in [-0.1, -0.05) is 12.1 Å². The van der Waals surface area contributed by atoms with Crippen molar-refractivity contribution in [3.8, 4) is 0 Å². The summed E-state index contributed by atoms with van der Waals surface area (Å²) in [5.74, 6) is -0.572. The lowest BCUT2D eigenvalue weighted by Crippen LogP contribution is -2.35. The number of aryl methyl sites for hydroxylation is 1. The monoisotopic (exact) mass is 380 g/mol. The zero-order chi connectivity index (χ0) is 19.7. The molecule has 1 aliphatic heterocycles. The average molecular weight is 380 g/mol. The van der Waals surface area contributed by atoms with Crippen molar-refractivity contribution in [2.24, 2.45) is 0 Å². The smallest absolute Gasteiger partial charge is 0.337 e. The predicted molar refractivity (Wildman–Crippen MR) is 103 cm³/mol. The van der Waals surface area contributed by atoms with Crippen LogP contribution in [0, 0.1) is 5.82 Å². The molecule has 144 valence electrons. The Balaban J connectivity index is 1.50. The first-order valence-corrected chi connectivity index (χ1v) is 9.29. The highest BCUT2D eigenvalue weighted by Crippen LogP contribution is 2.29. The molecule has 0 fully saturated rings. The molecule has 4 rings (SSSR count). The third-order valence-electron chi connectivity index (χ3n) is 5.29. The van der Waals surface area contributed by atoms with E-state index in [0.717, 1.165) is 34.1 Å². The van der Waals surface area contributed by atoms with Gasteiger partial charge in [-0.3, -0.25) is 4.79 Å². The first-order valence-electron chi connectivity index (χ1n) is 9.29. The molecule has 2 heterocycles. The summed E-state index contributed by atoms with van der Waals surface area (Å²) in [7, 11) is 1.36. The van der Waals surface area contributed by atoms with Crippen LogP contribution in [0.15, 0.2) is 42.5 Å². The average Bonchev–Trinajstić information content (AvgIpc) is 3.09. The number of hydrogen-bond acceptors (Lipinski definition) is 3. The minimum Gasteiger partial charge on any atom is -0.465 e. The van der Waals surface area contributed by atoms with E-state index in [9.17, 15) is 14.0 Å². The zero-order valence-electron chi connectivity index (χ0n) is 15.6. The molecule has 0 saturated carbocycles. The van der Waals surface area contributed by atoms with Crippen molar-refractivity contribution >= 4 is 22.8 Å². The van der Waals surface area contributed by atoms with E-state index in [1.165, 1.54) is 19.2 Å². The lowest BCUT2D eigenvalue weighted by atomic mass is 10.0. The van der Waals surface area contributed by atoms with Gasteiger partial charge in [0.2, 0.25) is 5.91 Å². The number of benzene rings is 2. The van der Waals surface area contributed by atoms with Crippen molar-refractivity contribution in [3.05, 3.63) is 70.7 Å². The maximum absolute atomic E-state index is 13.0. The molecular weight excluding hydrogens is 359 g/mol. The van der Waals surface area contributed by atoms with Gasteiger partial charge < -0.3 is 14.6 Å². The highest BCUT2D eigenvalue weighted by atomic mass is 19.1. The van der Waals surface area contributed by atoms with E-state index in [1.54, 1.807) is 18.2 Å². The molecule has 0 radical (unpaired) electrons. The quantitative estimate of drug-likeness (QED) is 0.704. The Morgan fingerprint density at radius 2 is 1.96 bits per heavy atom. The molecule has 1 aromatic heterocycles. The normalized spacial score (nSPS) is 13.4. The third-order valence-corrected chi connectivity index (χ3v) is 5.29. The van der Waals surface area contributed by atoms with E-state index >= 15 is 0 Å². The number of carbonyl (C=O) groups excluding carboxylic acids is 2. The van der Waals surface area contributed by atoms with E-state index in [1.807, 2.05) is 17.0 Å². The van der Waals surface area contributed by atoms with Crippen LogP contribution < -0.4 is 0 Å². The number of halogens is 1. The van der Waals surface area contributed by atoms with Crippen LogP contribution in [-0.4, -0.2) is 35.4 Å². The molecule has 5 nitrogen and oxygen atoms in total. The van der Waals surface area contributed by atoms with Crippen LogP contribution in [-0.2, 0) is 28.9 Å². The summed E-state index contributed by atoms with van der Waals surface area (Å²) in [6, 6.07) is 11.7. The van der Waals surface area contributed by atoms with Crippen LogP contribution in [0.1, 0.15) is 33.6 Å². The summed E-state index contributed by atoms with van der Waals surface area (Å²) < 4.78 is 17.8. The number of ether oxygens (including phenoxy) is 1. The molecule has 1 N–H and O–H groups in total. The van der Waals surface area contributed by atoms with Gasteiger partial charge in [0.1, 0.15) is 5.82 Å². The fraction of sp³-hybridized carbons (Fsp3) is 0.273. The Bertz CT molecular complexity index is 1040. The Kier molecular flexibility index (Phi) is 4.86. The SMILES string of the molecule is COC(=O)c1ccc2[nH]c3c(c2c1)CN(C(=O)CCc1ccc(F)cc1)CC3. The van der Waals surface area contributed by atoms with Gasteiger partial charge in [0.25, 0.3) is 0 Å². The van der Waals surface area contributed by atoms with Crippen LogP contribution in [0.5, 0.6) is 0 Å². The van der Waals surface area contributed by atoms with Crippen molar-refractivity contribution in [2.75, 3.05) is 13.7 Å². The summed E-state index contributed by atoms with van der Waals surface area (Å²) >= 11 is 0. The second-order valence-corrected chi connectivity index (χ2v) is 7.03. The van der Waals surface area contributed by atoms with Gasteiger partial charge in [-0.25, -0.2) is 9.18 Å². The van der Waals surface area contributed by atoms with Crippen molar-refractivity contribution < 1.29 is 18.7 Å². The molecule has 0 saturated heterocycles. The largest absolute Gasteiger partial charge is 0.465 e. The Hall–Kier alpha value is -3.15. The highest BCUT2D eigenvalue weighted by molar-refractivity contribution is 5.96. The minimum absolute atomic E-state index is 0.0773. The fourth-order valence-corrected chi connectivity index (χ4v) is 3.73. The number of fused-ring (bicyclic) bond motifs is 3. The molecule has 0 atom stereocenters. The maximum atomic E-state index is 13.0. The number of aromatic nitrogens is 1. The molecule has 0 bridgehead atoms. The number of amides is 1. The van der Waals surface area contributed by atoms with Crippen LogP contribution in [0.25, 0.3) is 10.9 Å². The van der Waals surface area contributed by atoms with Gasteiger partial charge in [-0.05, 0) is 42.3 Å². The number of nitrogens with zero attached hydrogens (tertiary/aromatic N) is 1. The predicted octanol–water partition coefficient (Wildman–Crippen LogP) is 3.61. The minimum atomic E-state index is -0.375. The lowest BCUT2D eigenvalue weighted by Gasteiger charge is -2.27. The van der Waals surface area contributed by atoms with Crippen LogP contribution in [0.2, 0.25) is 0 Å². The summed E-state index contributed by atoms with van der Waals surface area (Å²) in [5, 5.41) is 0.953. The second-order valence-electron chi connectivity index (χ2n) is 7.03. The van der Waals surface area contributed by atoms with Crippen molar-refractivity contribution in [1.29, 1.82) is 0 Å². The number of H-pyrrole nitrogens is 1. The van der Waals surface area contributed by atoms with Crippen molar-refractivity contribution in [2.45, 2.75) is 25.8 Å². The number of nitrogens with one attached hydrogen (secondary N) is 1. The number of carbonyl (C=O) groups is 2. The number of methoxy groups -OCH3 is 1. The summed E-state index contributed by atoms with van der Waals surface area (Å²) in [6.45, 7) is 1.17. The van der Waals surface area contributed by atoms with E-state index in [2.05, 4.69) is 4.98 Å². The molecule has 3 aromatic rings. The molecule has 1 amide bonds. The van der Waals surface area contributed by atoms with Crippen molar-refractivity contribution in [1.82, 2.24) is 9.88 Å². The number of aromatic amines is 1. The van der Waals surface area contributed by atoms with E-state index in [0.29, 0.717) is 31.5 Å². The Morgan fingerprint density at radius 3 is 2.71 bits per heavy atom. The molecule has 28 heavy (non-hydrogen) atoms. The van der Waals surface area contributed by atoms with Gasteiger partial charge >= 0.3 is 5.97 Å². The molecule has 0 spiro atoms. The number of esters is 1. The molecular formula is C22H21FN2O3. The lowest BCUT2D eigenvalue weighted by molar-refractivity contribution is -0.132. The topological polar surface area (TPSA) is 62.4 Å². The zero-order valence-corrected chi connectivity index (χ0v) is 15.6. The van der Waals surface area contributed by atoms with Gasteiger partial charge in [0.05, 0.1) is 12.7 Å². The van der Waals surface area contributed by atoms with E-state index < -0.39 is 0 Å². The Morgan fingerprint density at radius 1 is 1.18 bits per heavy atom. The molecule has 0 unspecified atom stereocenters. The standard InChI is InChI=1S/C22H21FN2O3/c1-28-22(27)15-5-8-19-17(12-15)18-13-25(11-10-20(18)24-19)21(26)9-4-14-2-6-16(23)7-3-14/h2-3,5-8,12,24H,4,9-11,13H2,1H3. The molecule has 1 aliphatic rings. The summed E-state index contributed by atoms with van der Waals surface area (Å²) in [5.41, 5.74) is 4.57. The first kappa shape index (κ1) is 18.2. The van der Waals surface area contributed by atoms with Crippen LogP contribution in [0.3, 0.4) is 0 Å². The molecule has 2 aromatic carbocycles. The number of hydrogen-bond donors (Lipinski definition) is 1. The van der Waals surface area contributed by atoms with Gasteiger partial charge in [-0.15, -0.1) is 0 Å². The Labute approximate surface area is 162 Å². The van der Waals surface area contributed by atoms with Gasteiger partial charge in [0, 0.05) is 48.1 Å². The molecule has 0 aliphatic carbocycles. The third kappa shape index (κ3) is 3.50. The van der Waals surface area contributed by atoms with Crippen molar-refractivity contribution in [3.63, 3.8) is 0 Å². The van der Waals surface area contributed by atoms with E-state index in [-0.39, 0.29) is 17.7 Å². The van der Waals surface area contributed by atoms with Gasteiger partial charge in [-0.2, -0.15) is 0 Å². The fourth-order valence-electron chi connectivity index (χ4n) is 3.73. The highest BCUT2D eigenvalue weighted by Gasteiger charge is 2.24. The van der Waals surface area contributed by atoms with E-state index in [4.69, 9.17) is 4.74 Å². The van der Waals surface area contributed by atoms with Gasteiger partial charge in [0.15, 0.2) is 0 Å².